The summed E-state index contributed by atoms with van der Waals surface area (Å²) in [5, 5.41) is 0. The molecule has 0 N–H and O–H groups in total. The average molecular weight is 339 g/mol. The first-order chi connectivity index (χ1) is 12.1. The van der Waals surface area contributed by atoms with Crippen molar-refractivity contribution in [3.63, 3.8) is 0 Å². The van der Waals surface area contributed by atoms with E-state index in [4.69, 9.17) is 4.74 Å². The van der Waals surface area contributed by atoms with Crippen LogP contribution in [0.1, 0.15) is 17.5 Å². The Bertz CT molecular complexity index is 738. The number of ether oxygens (including phenoxy) is 1. The minimum absolute atomic E-state index is 0.122. The summed E-state index contributed by atoms with van der Waals surface area (Å²) in [6.07, 6.45) is 2.41. The third-order valence-corrected chi connectivity index (χ3v) is 5.27. The van der Waals surface area contributed by atoms with Gasteiger partial charge in [0.15, 0.2) is 0 Å². The molecule has 4 rings (SSSR count). The zero-order chi connectivity index (χ0) is 17.3. The van der Waals surface area contributed by atoms with Crippen molar-refractivity contribution in [1.82, 2.24) is 4.90 Å². The van der Waals surface area contributed by atoms with Gasteiger partial charge < -0.3 is 9.64 Å². The van der Waals surface area contributed by atoms with Gasteiger partial charge >= 0.3 is 0 Å². The lowest BCUT2D eigenvalue weighted by Gasteiger charge is -2.47. The lowest BCUT2D eigenvalue weighted by atomic mass is 9.77. The third-order valence-electron chi connectivity index (χ3n) is 5.27. The standard InChI is InChI=1S/C21H22FNO2/c22-18-8-6-17(7-9-18)10-19-12-21(15-25-19)13-23(14-21)20(24)11-16-4-2-1-3-5-16/h1-9,19H,10-15H2/t19-/m0/s1. The molecule has 2 aliphatic rings. The topological polar surface area (TPSA) is 29.5 Å². The Hall–Kier alpha value is -2.20. The fourth-order valence-corrected chi connectivity index (χ4v) is 3.95. The van der Waals surface area contributed by atoms with E-state index < -0.39 is 0 Å². The number of nitrogens with zero attached hydrogens (tertiary/aromatic N) is 1. The SMILES string of the molecule is O=C(Cc1ccccc1)N1CC2(CO[C@@H](Cc3ccc(F)cc3)C2)C1. The van der Waals surface area contributed by atoms with Gasteiger partial charge in [-0.2, -0.15) is 0 Å². The van der Waals surface area contributed by atoms with Gasteiger partial charge in [-0.25, -0.2) is 4.39 Å². The molecule has 1 spiro atoms. The lowest BCUT2D eigenvalue weighted by molar-refractivity contribution is -0.142. The third kappa shape index (κ3) is 3.59. The molecule has 1 amide bonds. The van der Waals surface area contributed by atoms with Crippen molar-refractivity contribution >= 4 is 5.91 Å². The Labute approximate surface area is 147 Å². The van der Waals surface area contributed by atoms with Crippen LogP contribution in [-0.2, 0) is 22.4 Å². The van der Waals surface area contributed by atoms with Gasteiger partial charge in [0.1, 0.15) is 5.82 Å². The summed E-state index contributed by atoms with van der Waals surface area (Å²) in [6, 6.07) is 16.5. The van der Waals surface area contributed by atoms with E-state index in [1.54, 1.807) is 0 Å². The number of carbonyl (C=O) groups excluding carboxylic acids is 1. The van der Waals surface area contributed by atoms with Crippen molar-refractivity contribution in [1.29, 1.82) is 0 Å². The monoisotopic (exact) mass is 339 g/mol. The van der Waals surface area contributed by atoms with Crippen LogP contribution in [0, 0.1) is 11.2 Å². The highest BCUT2D eigenvalue weighted by molar-refractivity contribution is 5.79. The smallest absolute Gasteiger partial charge is 0.227 e. The summed E-state index contributed by atoms with van der Waals surface area (Å²) < 4.78 is 19.0. The van der Waals surface area contributed by atoms with Crippen LogP contribution in [0.4, 0.5) is 4.39 Å². The molecule has 2 aromatic rings. The molecule has 2 heterocycles. The van der Waals surface area contributed by atoms with E-state index >= 15 is 0 Å². The minimum Gasteiger partial charge on any atom is -0.377 e. The van der Waals surface area contributed by atoms with Crippen molar-refractivity contribution in [3.8, 4) is 0 Å². The normalized spacial score (nSPS) is 21.3. The molecule has 2 aromatic carbocycles. The van der Waals surface area contributed by atoms with Crippen LogP contribution < -0.4 is 0 Å². The van der Waals surface area contributed by atoms with E-state index in [-0.39, 0.29) is 23.2 Å². The molecule has 25 heavy (non-hydrogen) atoms. The maximum absolute atomic E-state index is 13.0. The number of likely N-dealkylation sites (tertiary alicyclic amines) is 1. The first-order valence-corrected chi connectivity index (χ1v) is 8.80. The van der Waals surface area contributed by atoms with Gasteiger partial charge in [0.2, 0.25) is 5.91 Å². The second-order valence-corrected chi connectivity index (χ2v) is 7.38. The predicted octanol–water partition coefficient (Wildman–Crippen LogP) is 3.23. The molecule has 0 saturated carbocycles. The molecule has 0 aromatic heterocycles. The summed E-state index contributed by atoms with van der Waals surface area (Å²) in [5.41, 5.74) is 2.28. The van der Waals surface area contributed by atoms with Gasteiger partial charge in [-0.05, 0) is 36.1 Å². The van der Waals surface area contributed by atoms with Crippen molar-refractivity contribution in [2.24, 2.45) is 5.41 Å². The Kier molecular flexibility index (Phi) is 4.30. The van der Waals surface area contributed by atoms with Gasteiger partial charge in [0.05, 0.1) is 19.1 Å². The Balaban J connectivity index is 1.28. The number of rotatable bonds is 4. The van der Waals surface area contributed by atoms with Crippen molar-refractivity contribution in [2.75, 3.05) is 19.7 Å². The number of amides is 1. The quantitative estimate of drug-likeness (QED) is 0.856. The lowest BCUT2D eigenvalue weighted by Crippen LogP contribution is -2.59. The fourth-order valence-electron chi connectivity index (χ4n) is 3.95. The molecule has 0 radical (unpaired) electrons. The molecule has 0 unspecified atom stereocenters. The molecular weight excluding hydrogens is 317 g/mol. The highest BCUT2D eigenvalue weighted by Gasteiger charge is 2.50. The van der Waals surface area contributed by atoms with Crippen LogP contribution in [-0.4, -0.2) is 36.6 Å². The van der Waals surface area contributed by atoms with E-state index in [1.165, 1.54) is 12.1 Å². The minimum atomic E-state index is -0.209. The summed E-state index contributed by atoms with van der Waals surface area (Å²) in [6.45, 7) is 2.30. The van der Waals surface area contributed by atoms with Gasteiger partial charge in [0, 0.05) is 18.5 Å². The maximum Gasteiger partial charge on any atom is 0.227 e. The van der Waals surface area contributed by atoms with Gasteiger partial charge in [-0.3, -0.25) is 4.79 Å². The van der Waals surface area contributed by atoms with Crippen LogP contribution in [0.2, 0.25) is 0 Å². The molecule has 0 aliphatic carbocycles. The molecule has 3 nitrogen and oxygen atoms in total. The molecular formula is C21H22FNO2. The molecule has 2 aliphatic heterocycles. The van der Waals surface area contributed by atoms with E-state index in [0.717, 1.165) is 37.1 Å². The van der Waals surface area contributed by atoms with E-state index in [2.05, 4.69) is 0 Å². The van der Waals surface area contributed by atoms with Crippen LogP contribution in [0.25, 0.3) is 0 Å². The van der Waals surface area contributed by atoms with Gasteiger partial charge in [0.25, 0.3) is 0 Å². The van der Waals surface area contributed by atoms with Crippen molar-refractivity contribution in [2.45, 2.75) is 25.4 Å². The molecule has 0 bridgehead atoms. The Morgan fingerprint density at radius 1 is 1.08 bits per heavy atom. The summed E-state index contributed by atoms with van der Waals surface area (Å²) in [5.74, 6) is -0.0158. The van der Waals surface area contributed by atoms with Crippen molar-refractivity contribution in [3.05, 3.63) is 71.5 Å². The number of hydrogen-bond donors (Lipinski definition) is 0. The zero-order valence-electron chi connectivity index (χ0n) is 14.2. The first-order valence-electron chi connectivity index (χ1n) is 8.80. The Morgan fingerprint density at radius 3 is 2.52 bits per heavy atom. The Morgan fingerprint density at radius 2 is 1.80 bits per heavy atom. The zero-order valence-corrected chi connectivity index (χ0v) is 14.2. The van der Waals surface area contributed by atoms with E-state index in [0.29, 0.717) is 13.0 Å². The molecule has 4 heteroatoms. The number of carbonyl (C=O) groups is 1. The fraction of sp³-hybridized carbons (Fsp3) is 0.381. The number of halogens is 1. The van der Waals surface area contributed by atoms with Gasteiger partial charge in [-0.1, -0.05) is 42.5 Å². The number of benzene rings is 2. The molecule has 2 fully saturated rings. The summed E-state index contributed by atoms with van der Waals surface area (Å²) in [4.78, 5) is 14.3. The van der Waals surface area contributed by atoms with Crippen LogP contribution >= 0.6 is 0 Å². The predicted molar refractivity (Wildman–Crippen MR) is 93.6 cm³/mol. The largest absolute Gasteiger partial charge is 0.377 e. The van der Waals surface area contributed by atoms with Crippen LogP contribution in [0.15, 0.2) is 54.6 Å². The summed E-state index contributed by atoms with van der Waals surface area (Å²) in [7, 11) is 0. The average Bonchev–Trinajstić information content (AvgIpc) is 3.01. The first kappa shape index (κ1) is 16.3. The van der Waals surface area contributed by atoms with E-state index in [1.807, 2.05) is 47.4 Å². The molecule has 2 saturated heterocycles. The van der Waals surface area contributed by atoms with E-state index in [9.17, 15) is 9.18 Å². The van der Waals surface area contributed by atoms with Crippen molar-refractivity contribution < 1.29 is 13.9 Å². The van der Waals surface area contributed by atoms with Crippen LogP contribution in [0.3, 0.4) is 0 Å². The second-order valence-electron chi connectivity index (χ2n) is 7.38. The van der Waals surface area contributed by atoms with Gasteiger partial charge in [-0.15, -0.1) is 0 Å². The maximum atomic E-state index is 13.0. The highest BCUT2D eigenvalue weighted by atomic mass is 19.1. The second kappa shape index (κ2) is 6.60. The summed E-state index contributed by atoms with van der Waals surface area (Å²) >= 11 is 0. The molecule has 130 valence electrons. The number of hydrogen-bond acceptors (Lipinski definition) is 2. The van der Waals surface area contributed by atoms with Crippen LogP contribution in [0.5, 0.6) is 0 Å². The highest BCUT2D eigenvalue weighted by Crippen LogP contribution is 2.42. The molecule has 1 atom stereocenters.